The zero-order valence-corrected chi connectivity index (χ0v) is 11.2. The van der Waals surface area contributed by atoms with Crippen LogP contribution in [0.15, 0.2) is 0 Å². The lowest BCUT2D eigenvalue weighted by Crippen LogP contribution is -2.37. The van der Waals surface area contributed by atoms with Crippen molar-refractivity contribution < 1.29 is 15.0 Å². The highest BCUT2D eigenvalue weighted by molar-refractivity contribution is 5.74. The standard InChI is InChI=1S/C14H26O3/c1-13(2)7-9-14(10-8-13,12(16)17)6-4-3-5-11-15/h15H,3-11H2,1-2H3,(H,16,17). The van der Waals surface area contributed by atoms with E-state index in [0.717, 1.165) is 51.4 Å². The minimum atomic E-state index is -0.614. The predicted molar refractivity (Wildman–Crippen MR) is 67.9 cm³/mol. The molecule has 100 valence electrons. The molecule has 1 aliphatic carbocycles. The first kappa shape index (κ1) is 14.5. The maximum Gasteiger partial charge on any atom is 0.309 e. The summed E-state index contributed by atoms with van der Waals surface area (Å²) in [6, 6.07) is 0. The second-order valence-corrected chi connectivity index (χ2v) is 6.28. The molecule has 1 fully saturated rings. The average molecular weight is 242 g/mol. The van der Waals surface area contributed by atoms with Gasteiger partial charge in [-0.3, -0.25) is 4.79 Å². The molecule has 0 spiro atoms. The molecule has 0 aromatic heterocycles. The van der Waals surface area contributed by atoms with Crippen LogP contribution in [-0.4, -0.2) is 22.8 Å². The van der Waals surface area contributed by atoms with Gasteiger partial charge in [0.15, 0.2) is 0 Å². The monoisotopic (exact) mass is 242 g/mol. The number of aliphatic hydroxyl groups excluding tert-OH is 1. The number of rotatable bonds is 6. The van der Waals surface area contributed by atoms with Gasteiger partial charge in [0.2, 0.25) is 0 Å². The third kappa shape index (κ3) is 3.98. The molecule has 0 aromatic rings. The Bertz CT molecular complexity index is 248. The van der Waals surface area contributed by atoms with Crippen LogP contribution in [0.4, 0.5) is 0 Å². The van der Waals surface area contributed by atoms with Crippen LogP contribution in [0.1, 0.15) is 65.2 Å². The van der Waals surface area contributed by atoms with Crippen LogP contribution in [0.3, 0.4) is 0 Å². The lowest BCUT2D eigenvalue weighted by atomic mass is 9.63. The van der Waals surface area contributed by atoms with Crippen LogP contribution in [0.25, 0.3) is 0 Å². The van der Waals surface area contributed by atoms with Gasteiger partial charge in [-0.15, -0.1) is 0 Å². The van der Waals surface area contributed by atoms with Crippen molar-refractivity contribution in [3.63, 3.8) is 0 Å². The zero-order chi connectivity index (χ0) is 12.9. The number of hydrogen-bond acceptors (Lipinski definition) is 2. The van der Waals surface area contributed by atoms with Crippen LogP contribution >= 0.6 is 0 Å². The minimum Gasteiger partial charge on any atom is -0.481 e. The number of carboxylic acid groups (broad SMARTS) is 1. The van der Waals surface area contributed by atoms with Crippen molar-refractivity contribution in [2.24, 2.45) is 10.8 Å². The summed E-state index contributed by atoms with van der Waals surface area (Å²) in [5, 5.41) is 18.2. The highest BCUT2D eigenvalue weighted by atomic mass is 16.4. The van der Waals surface area contributed by atoms with E-state index < -0.39 is 11.4 Å². The van der Waals surface area contributed by atoms with E-state index in [1.54, 1.807) is 0 Å². The molecular weight excluding hydrogens is 216 g/mol. The normalized spacial score (nSPS) is 22.3. The predicted octanol–water partition coefficient (Wildman–Crippen LogP) is 3.21. The summed E-state index contributed by atoms with van der Waals surface area (Å²) in [4.78, 5) is 11.5. The maximum atomic E-state index is 11.5. The third-order valence-corrected chi connectivity index (χ3v) is 4.33. The molecule has 0 bridgehead atoms. The van der Waals surface area contributed by atoms with E-state index in [-0.39, 0.29) is 6.61 Å². The van der Waals surface area contributed by atoms with E-state index >= 15 is 0 Å². The van der Waals surface area contributed by atoms with E-state index in [4.69, 9.17) is 5.11 Å². The van der Waals surface area contributed by atoms with Gasteiger partial charge in [-0.25, -0.2) is 0 Å². The molecule has 0 aromatic carbocycles. The highest BCUT2D eigenvalue weighted by Crippen LogP contribution is 2.47. The van der Waals surface area contributed by atoms with E-state index in [9.17, 15) is 9.90 Å². The number of aliphatic carboxylic acids is 1. The van der Waals surface area contributed by atoms with Gasteiger partial charge in [0.1, 0.15) is 0 Å². The lowest BCUT2D eigenvalue weighted by molar-refractivity contribution is -0.153. The molecule has 17 heavy (non-hydrogen) atoms. The molecule has 3 heteroatoms. The molecule has 0 radical (unpaired) electrons. The van der Waals surface area contributed by atoms with Crippen LogP contribution in [0.5, 0.6) is 0 Å². The molecule has 1 saturated carbocycles. The lowest BCUT2D eigenvalue weighted by Gasteiger charge is -2.41. The van der Waals surface area contributed by atoms with Crippen molar-refractivity contribution in [3.05, 3.63) is 0 Å². The van der Waals surface area contributed by atoms with Crippen molar-refractivity contribution in [2.45, 2.75) is 65.2 Å². The van der Waals surface area contributed by atoms with Gasteiger partial charge in [-0.2, -0.15) is 0 Å². The summed E-state index contributed by atoms with van der Waals surface area (Å²) in [5.74, 6) is -0.614. The maximum absolute atomic E-state index is 11.5. The summed E-state index contributed by atoms with van der Waals surface area (Å²) in [6.07, 6.45) is 7.09. The van der Waals surface area contributed by atoms with Gasteiger partial charge in [-0.05, 0) is 43.9 Å². The Balaban J connectivity index is 2.50. The molecule has 0 heterocycles. The number of unbranched alkanes of at least 4 members (excludes halogenated alkanes) is 2. The Morgan fingerprint density at radius 1 is 1.06 bits per heavy atom. The molecule has 0 aliphatic heterocycles. The Kier molecular flexibility index (Phi) is 4.99. The molecule has 3 nitrogen and oxygen atoms in total. The first-order valence-electron chi connectivity index (χ1n) is 6.76. The fourth-order valence-electron chi connectivity index (χ4n) is 2.73. The van der Waals surface area contributed by atoms with Gasteiger partial charge >= 0.3 is 5.97 Å². The van der Waals surface area contributed by atoms with Crippen LogP contribution in [-0.2, 0) is 4.79 Å². The van der Waals surface area contributed by atoms with Gasteiger partial charge in [0.05, 0.1) is 5.41 Å². The molecule has 1 aliphatic rings. The van der Waals surface area contributed by atoms with Gasteiger partial charge < -0.3 is 10.2 Å². The highest BCUT2D eigenvalue weighted by Gasteiger charge is 2.43. The SMILES string of the molecule is CC1(C)CCC(CCCCCO)(C(=O)O)CC1. The molecule has 0 amide bonds. The Labute approximate surface area is 104 Å². The number of hydrogen-bond donors (Lipinski definition) is 2. The number of aliphatic hydroxyl groups is 1. The fraction of sp³-hybridized carbons (Fsp3) is 0.929. The summed E-state index contributed by atoms with van der Waals surface area (Å²) >= 11 is 0. The van der Waals surface area contributed by atoms with Gasteiger partial charge in [0.25, 0.3) is 0 Å². The fourth-order valence-corrected chi connectivity index (χ4v) is 2.73. The largest absolute Gasteiger partial charge is 0.481 e. The van der Waals surface area contributed by atoms with Crippen molar-refractivity contribution in [2.75, 3.05) is 6.61 Å². The van der Waals surface area contributed by atoms with Crippen LogP contribution < -0.4 is 0 Å². The zero-order valence-electron chi connectivity index (χ0n) is 11.2. The second-order valence-electron chi connectivity index (χ2n) is 6.28. The van der Waals surface area contributed by atoms with Gasteiger partial charge in [-0.1, -0.05) is 26.7 Å². The third-order valence-electron chi connectivity index (χ3n) is 4.33. The quantitative estimate of drug-likeness (QED) is 0.703. The molecular formula is C14H26O3. The Morgan fingerprint density at radius 3 is 2.12 bits per heavy atom. The van der Waals surface area contributed by atoms with E-state index in [0.29, 0.717) is 5.41 Å². The van der Waals surface area contributed by atoms with Crippen molar-refractivity contribution in [1.82, 2.24) is 0 Å². The smallest absolute Gasteiger partial charge is 0.309 e. The molecule has 0 saturated heterocycles. The van der Waals surface area contributed by atoms with Crippen molar-refractivity contribution >= 4 is 5.97 Å². The summed E-state index contributed by atoms with van der Waals surface area (Å²) in [5.41, 5.74) is -0.172. The van der Waals surface area contributed by atoms with Crippen LogP contribution in [0, 0.1) is 10.8 Å². The second kappa shape index (κ2) is 5.85. The molecule has 0 unspecified atom stereocenters. The van der Waals surface area contributed by atoms with E-state index in [1.807, 2.05) is 0 Å². The molecule has 2 N–H and O–H groups in total. The average Bonchev–Trinajstić information content (AvgIpc) is 2.26. The summed E-state index contributed by atoms with van der Waals surface area (Å²) in [6.45, 7) is 4.67. The Hall–Kier alpha value is -0.570. The van der Waals surface area contributed by atoms with Crippen molar-refractivity contribution in [1.29, 1.82) is 0 Å². The van der Waals surface area contributed by atoms with E-state index in [2.05, 4.69) is 13.8 Å². The van der Waals surface area contributed by atoms with E-state index in [1.165, 1.54) is 0 Å². The van der Waals surface area contributed by atoms with Gasteiger partial charge in [0, 0.05) is 6.61 Å². The first-order valence-corrected chi connectivity index (χ1v) is 6.76. The summed E-state index contributed by atoms with van der Waals surface area (Å²) < 4.78 is 0. The first-order chi connectivity index (χ1) is 7.92. The molecule has 1 rings (SSSR count). The molecule has 0 atom stereocenters. The van der Waals surface area contributed by atoms with Crippen molar-refractivity contribution in [3.8, 4) is 0 Å². The Morgan fingerprint density at radius 2 is 1.65 bits per heavy atom. The topological polar surface area (TPSA) is 57.5 Å². The minimum absolute atomic E-state index is 0.215. The summed E-state index contributed by atoms with van der Waals surface area (Å²) in [7, 11) is 0. The van der Waals surface area contributed by atoms with Crippen LogP contribution in [0.2, 0.25) is 0 Å². The number of carboxylic acids is 1. The number of carbonyl (C=O) groups is 1.